The molecular weight excluding hydrogens is 436 g/mol. The molecule has 0 atom stereocenters. The van der Waals surface area contributed by atoms with Gasteiger partial charge in [0.2, 0.25) is 15.9 Å². The van der Waals surface area contributed by atoms with Gasteiger partial charge in [-0.3, -0.25) is 9.69 Å². The van der Waals surface area contributed by atoms with Gasteiger partial charge in [0, 0.05) is 13.0 Å². The van der Waals surface area contributed by atoms with Crippen LogP contribution in [0.5, 0.6) is 5.75 Å². The van der Waals surface area contributed by atoms with Crippen molar-refractivity contribution in [2.24, 2.45) is 0 Å². The van der Waals surface area contributed by atoms with Crippen LogP contribution >= 0.6 is 0 Å². The second-order valence-corrected chi connectivity index (χ2v) is 9.96. The van der Waals surface area contributed by atoms with Gasteiger partial charge in [-0.05, 0) is 43.2 Å². The van der Waals surface area contributed by atoms with E-state index in [0.29, 0.717) is 28.9 Å². The largest absolute Gasteiger partial charge is 0.482 e. The fraction of sp³-hybridized carbons (Fsp3) is 0.381. The third kappa shape index (κ3) is 3.78. The summed E-state index contributed by atoms with van der Waals surface area (Å²) in [5.74, 6) is 1.87. The summed E-state index contributed by atoms with van der Waals surface area (Å²) in [7, 11) is -2.36. The summed E-state index contributed by atoms with van der Waals surface area (Å²) in [6, 6.07) is 7.86. The van der Waals surface area contributed by atoms with Crippen molar-refractivity contribution in [3.05, 3.63) is 54.1 Å². The van der Waals surface area contributed by atoms with Gasteiger partial charge in [0.15, 0.2) is 12.4 Å². The SMILES string of the molecule is CN(Cc1ccco1)S(=O)(=O)c1ccc2c(c1)N(Cc1noc(C3CCC3)n1)C(=O)CO2. The molecule has 3 heterocycles. The van der Waals surface area contributed by atoms with Crippen LogP contribution in [0, 0.1) is 0 Å². The number of ether oxygens (including phenoxy) is 1. The Labute approximate surface area is 184 Å². The normalized spacial score (nSPS) is 16.7. The third-order valence-corrected chi connectivity index (χ3v) is 7.58. The minimum atomic E-state index is -3.84. The first kappa shape index (κ1) is 20.7. The highest BCUT2D eigenvalue weighted by molar-refractivity contribution is 7.89. The first-order valence-corrected chi connectivity index (χ1v) is 11.7. The number of fused-ring (bicyclic) bond motifs is 1. The van der Waals surface area contributed by atoms with Gasteiger partial charge < -0.3 is 13.7 Å². The second-order valence-electron chi connectivity index (χ2n) is 7.92. The maximum absolute atomic E-state index is 13.1. The van der Waals surface area contributed by atoms with E-state index in [4.69, 9.17) is 13.7 Å². The summed E-state index contributed by atoms with van der Waals surface area (Å²) in [5.41, 5.74) is 0.351. The van der Waals surface area contributed by atoms with Gasteiger partial charge in [-0.25, -0.2) is 8.42 Å². The molecule has 0 bridgehead atoms. The quantitative estimate of drug-likeness (QED) is 0.530. The van der Waals surface area contributed by atoms with E-state index in [9.17, 15) is 13.2 Å². The molecule has 32 heavy (non-hydrogen) atoms. The van der Waals surface area contributed by atoms with E-state index in [0.717, 1.165) is 19.3 Å². The van der Waals surface area contributed by atoms with Crippen LogP contribution in [0.3, 0.4) is 0 Å². The van der Waals surface area contributed by atoms with Crippen LogP contribution in [0.15, 0.2) is 50.4 Å². The van der Waals surface area contributed by atoms with Gasteiger partial charge in [-0.2, -0.15) is 9.29 Å². The molecular formula is C21H22N4O6S. The second kappa shape index (κ2) is 8.06. The Morgan fingerprint density at radius 2 is 2.09 bits per heavy atom. The van der Waals surface area contributed by atoms with Crippen LogP contribution in [0.4, 0.5) is 5.69 Å². The molecule has 0 unspecified atom stereocenters. The van der Waals surface area contributed by atoms with E-state index in [-0.39, 0.29) is 36.4 Å². The Kier molecular flexibility index (Phi) is 5.22. The van der Waals surface area contributed by atoms with E-state index in [1.807, 2.05) is 0 Å². The van der Waals surface area contributed by atoms with Gasteiger partial charge >= 0.3 is 0 Å². The number of hydrogen-bond acceptors (Lipinski definition) is 8. The topological polar surface area (TPSA) is 119 Å². The number of nitrogens with zero attached hydrogens (tertiary/aromatic N) is 4. The first-order chi connectivity index (χ1) is 15.4. The summed E-state index contributed by atoms with van der Waals surface area (Å²) in [6.45, 7) is 0.000339. The van der Waals surface area contributed by atoms with Crippen molar-refractivity contribution in [1.29, 1.82) is 0 Å². The maximum atomic E-state index is 13.1. The van der Waals surface area contributed by atoms with Crippen molar-refractivity contribution in [2.75, 3.05) is 18.6 Å². The van der Waals surface area contributed by atoms with E-state index in [1.54, 1.807) is 18.2 Å². The summed E-state index contributed by atoms with van der Waals surface area (Å²) < 4.78 is 43.5. The summed E-state index contributed by atoms with van der Waals surface area (Å²) in [5, 5.41) is 4.00. The lowest BCUT2D eigenvalue weighted by atomic mass is 9.85. The molecule has 1 aromatic carbocycles. The van der Waals surface area contributed by atoms with Crippen LogP contribution < -0.4 is 9.64 Å². The molecule has 10 nitrogen and oxygen atoms in total. The molecule has 168 valence electrons. The van der Waals surface area contributed by atoms with Crippen LogP contribution in [-0.2, 0) is 27.9 Å². The summed E-state index contributed by atoms with van der Waals surface area (Å²) >= 11 is 0. The minimum absolute atomic E-state index is 0.0388. The third-order valence-electron chi connectivity index (χ3n) is 5.78. The van der Waals surface area contributed by atoms with Crippen molar-refractivity contribution in [3.8, 4) is 5.75 Å². The van der Waals surface area contributed by atoms with Crippen LogP contribution in [0.25, 0.3) is 0 Å². The number of carbonyl (C=O) groups is 1. The van der Waals surface area contributed by atoms with Crippen LogP contribution in [0.1, 0.15) is 42.7 Å². The molecule has 0 spiro atoms. The fourth-order valence-electron chi connectivity index (χ4n) is 3.70. The zero-order chi connectivity index (χ0) is 22.3. The van der Waals surface area contributed by atoms with Gasteiger partial charge in [-0.15, -0.1) is 0 Å². The standard InChI is InChI=1S/C21H22N4O6S/c1-24(11-15-6-3-9-29-15)32(27,28)16-7-8-18-17(10-16)25(20(26)13-30-18)12-19-22-21(31-23-19)14-4-2-5-14/h3,6-10,14H,2,4-5,11-13H2,1H3. The Bertz CT molecular complexity index is 1230. The average molecular weight is 458 g/mol. The molecule has 1 fully saturated rings. The molecule has 5 rings (SSSR count). The molecule has 11 heteroatoms. The lowest BCUT2D eigenvalue weighted by molar-refractivity contribution is -0.121. The summed E-state index contributed by atoms with van der Waals surface area (Å²) in [6.07, 6.45) is 4.68. The summed E-state index contributed by atoms with van der Waals surface area (Å²) in [4.78, 5) is 18.5. The van der Waals surface area contributed by atoms with Crippen molar-refractivity contribution in [3.63, 3.8) is 0 Å². The molecule has 1 aliphatic carbocycles. The van der Waals surface area contributed by atoms with Gasteiger partial charge in [0.05, 0.1) is 29.9 Å². The van der Waals surface area contributed by atoms with E-state index in [2.05, 4.69) is 10.1 Å². The number of aromatic nitrogens is 2. The van der Waals surface area contributed by atoms with Gasteiger partial charge in [0.25, 0.3) is 5.91 Å². The van der Waals surface area contributed by atoms with Crippen molar-refractivity contribution in [2.45, 2.75) is 43.2 Å². The Balaban J connectivity index is 1.42. The fourth-order valence-corrected chi connectivity index (χ4v) is 4.85. The zero-order valence-electron chi connectivity index (χ0n) is 17.4. The Morgan fingerprint density at radius 1 is 1.25 bits per heavy atom. The van der Waals surface area contributed by atoms with Crippen LogP contribution in [0.2, 0.25) is 0 Å². The average Bonchev–Trinajstić information content (AvgIpc) is 3.41. The van der Waals surface area contributed by atoms with Crippen molar-refractivity contribution >= 4 is 21.6 Å². The van der Waals surface area contributed by atoms with Gasteiger partial charge in [-0.1, -0.05) is 11.6 Å². The number of carbonyl (C=O) groups excluding carboxylic acids is 1. The molecule has 3 aromatic rings. The highest BCUT2D eigenvalue weighted by Gasteiger charge is 2.31. The molecule has 0 saturated heterocycles. The Hall–Kier alpha value is -3.18. The molecule has 2 aromatic heterocycles. The Morgan fingerprint density at radius 3 is 2.81 bits per heavy atom. The molecule has 0 N–H and O–H groups in total. The van der Waals surface area contributed by atoms with Crippen molar-refractivity contribution < 1.29 is 26.9 Å². The van der Waals surface area contributed by atoms with E-state index >= 15 is 0 Å². The number of furan rings is 1. The maximum Gasteiger partial charge on any atom is 0.265 e. The predicted molar refractivity (Wildman–Crippen MR) is 111 cm³/mol. The monoisotopic (exact) mass is 458 g/mol. The molecule has 1 saturated carbocycles. The molecule has 1 aliphatic heterocycles. The lowest BCUT2D eigenvalue weighted by Crippen LogP contribution is -2.38. The number of hydrogen-bond donors (Lipinski definition) is 0. The molecule has 2 aliphatic rings. The highest BCUT2D eigenvalue weighted by atomic mass is 32.2. The smallest absolute Gasteiger partial charge is 0.265 e. The number of anilines is 1. The zero-order valence-corrected chi connectivity index (χ0v) is 18.2. The highest BCUT2D eigenvalue weighted by Crippen LogP contribution is 2.37. The minimum Gasteiger partial charge on any atom is -0.482 e. The molecule has 0 radical (unpaired) electrons. The van der Waals surface area contributed by atoms with Crippen molar-refractivity contribution in [1.82, 2.24) is 14.4 Å². The van der Waals surface area contributed by atoms with Gasteiger partial charge in [0.1, 0.15) is 11.5 Å². The van der Waals surface area contributed by atoms with Crippen LogP contribution in [-0.4, -0.2) is 42.4 Å². The van der Waals surface area contributed by atoms with E-state index < -0.39 is 10.0 Å². The predicted octanol–water partition coefficient (Wildman–Crippen LogP) is 2.68. The first-order valence-electron chi connectivity index (χ1n) is 10.3. The lowest BCUT2D eigenvalue weighted by Gasteiger charge is -2.29. The number of amides is 1. The number of rotatable bonds is 7. The van der Waals surface area contributed by atoms with E-state index in [1.165, 1.54) is 34.6 Å². The number of benzene rings is 1. The molecule has 1 amide bonds. The number of sulfonamides is 1.